The van der Waals surface area contributed by atoms with E-state index in [9.17, 15) is 9.59 Å². The second-order valence-electron chi connectivity index (χ2n) is 7.90. The molecule has 1 aliphatic rings. The van der Waals surface area contributed by atoms with Crippen LogP contribution in [0.3, 0.4) is 0 Å². The molecule has 0 unspecified atom stereocenters. The third kappa shape index (κ3) is 4.47. The molecule has 0 saturated carbocycles. The fraction of sp³-hybridized carbons (Fsp3) is 0.333. The normalized spacial score (nSPS) is 19.3. The lowest BCUT2D eigenvalue weighted by atomic mass is 9.77. The van der Waals surface area contributed by atoms with Gasteiger partial charge in [0.25, 0.3) is 0 Å². The van der Waals surface area contributed by atoms with Gasteiger partial charge in [0.15, 0.2) is 6.10 Å². The minimum atomic E-state index is -0.702. The molecular weight excluding hydrogens is 468 g/mol. The molecule has 0 radical (unpaired) electrons. The number of carbonyl (C=O) groups excluding carboxylic acids is 2. The molecule has 2 aromatic rings. The smallest absolute Gasteiger partial charge is 0.337 e. The zero-order chi connectivity index (χ0) is 22.1. The maximum Gasteiger partial charge on any atom is 0.337 e. The molecule has 0 bridgehead atoms. The first-order valence-corrected chi connectivity index (χ1v) is 11.0. The summed E-state index contributed by atoms with van der Waals surface area (Å²) in [4.78, 5) is 25.7. The maximum absolute atomic E-state index is 13.1. The van der Waals surface area contributed by atoms with Crippen LogP contribution in [-0.2, 0) is 14.3 Å². The van der Waals surface area contributed by atoms with Gasteiger partial charge in [-0.25, -0.2) is 4.79 Å². The maximum atomic E-state index is 13.1. The van der Waals surface area contributed by atoms with Crippen LogP contribution in [0.1, 0.15) is 56.1 Å². The van der Waals surface area contributed by atoms with Gasteiger partial charge in [0.05, 0.1) is 11.0 Å². The van der Waals surface area contributed by atoms with Crippen molar-refractivity contribution in [3.05, 3.63) is 80.5 Å². The van der Waals surface area contributed by atoms with Crippen LogP contribution >= 0.6 is 27.5 Å². The molecule has 4 nitrogen and oxygen atoms in total. The number of halogens is 2. The van der Waals surface area contributed by atoms with Gasteiger partial charge in [-0.05, 0) is 57.0 Å². The van der Waals surface area contributed by atoms with E-state index in [-0.39, 0.29) is 5.78 Å². The Balaban J connectivity index is 1.94. The second kappa shape index (κ2) is 8.94. The number of hydrogen-bond donors (Lipinski definition) is 0. The summed E-state index contributed by atoms with van der Waals surface area (Å²) in [7, 11) is 0. The number of ether oxygens (including phenoxy) is 2. The zero-order valence-corrected chi connectivity index (χ0v) is 19.7. The number of benzene rings is 2. The molecule has 1 heterocycles. The van der Waals surface area contributed by atoms with Gasteiger partial charge in [-0.3, -0.25) is 4.79 Å². The summed E-state index contributed by atoms with van der Waals surface area (Å²) in [5.74, 6) is -0.0886. The fourth-order valence-electron chi connectivity index (χ4n) is 3.66. The second-order valence-corrected chi connectivity index (χ2v) is 9.25. The average Bonchev–Trinajstić information content (AvgIpc) is 2.72. The predicted octanol–water partition coefficient (Wildman–Crippen LogP) is 6.68. The molecule has 0 aliphatic carbocycles. The van der Waals surface area contributed by atoms with Gasteiger partial charge in [0.2, 0.25) is 5.78 Å². The quantitative estimate of drug-likeness (QED) is 0.334. The molecule has 2 atom stereocenters. The Morgan fingerprint density at radius 2 is 1.77 bits per heavy atom. The van der Waals surface area contributed by atoms with E-state index >= 15 is 0 Å². The van der Waals surface area contributed by atoms with Crippen LogP contribution in [0.5, 0.6) is 0 Å². The van der Waals surface area contributed by atoms with Crippen LogP contribution in [-0.4, -0.2) is 17.9 Å². The van der Waals surface area contributed by atoms with Crippen LogP contribution in [0.25, 0.3) is 0 Å². The molecule has 0 amide bonds. The van der Waals surface area contributed by atoms with Crippen molar-refractivity contribution in [3.8, 4) is 0 Å². The summed E-state index contributed by atoms with van der Waals surface area (Å²) in [5.41, 5.74) is 1.10. The molecule has 1 aliphatic heterocycles. The summed E-state index contributed by atoms with van der Waals surface area (Å²) >= 11 is 9.39. The predicted molar refractivity (Wildman–Crippen MR) is 120 cm³/mol. The number of rotatable bonds is 6. The average molecular weight is 492 g/mol. The van der Waals surface area contributed by atoms with Crippen LogP contribution in [0, 0.1) is 5.41 Å². The van der Waals surface area contributed by atoms with Gasteiger partial charge in [0.1, 0.15) is 11.9 Å². The highest BCUT2D eigenvalue weighted by Gasteiger charge is 2.46. The van der Waals surface area contributed by atoms with E-state index in [0.717, 1.165) is 10.0 Å². The summed E-state index contributed by atoms with van der Waals surface area (Å²) in [6.07, 6.45) is -0.781. The van der Waals surface area contributed by atoms with E-state index in [1.165, 1.54) is 0 Å². The molecule has 0 spiro atoms. The topological polar surface area (TPSA) is 52.6 Å². The highest BCUT2D eigenvalue weighted by Crippen LogP contribution is 2.48. The number of carbonyl (C=O) groups is 2. The molecule has 30 heavy (non-hydrogen) atoms. The molecule has 6 heteroatoms. The third-order valence-electron chi connectivity index (χ3n) is 5.34. The summed E-state index contributed by atoms with van der Waals surface area (Å²) in [6.45, 7) is 7.47. The minimum absolute atomic E-state index is 0.122. The van der Waals surface area contributed by atoms with Gasteiger partial charge in [-0.15, -0.1) is 0 Å². The van der Waals surface area contributed by atoms with Crippen LogP contribution in [0.2, 0.25) is 5.02 Å². The number of Topliss-reactive ketones (excluding diaryl/α,β-unsaturated/α-hetero) is 1. The third-order valence-corrected chi connectivity index (χ3v) is 6.12. The molecule has 0 aromatic heterocycles. The lowest BCUT2D eigenvalue weighted by molar-refractivity contribution is -0.156. The lowest BCUT2D eigenvalue weighted by Gasteiger charge is -2.41. The summed E-state index contributed by atoms with van der Waals surface area (Å²) < 4.78 is 12.9. The van der Waals surface area contributed by atoms with Crippen molar-refractivity contribution < 1.29 is 19.1 Å². The number of cyclic esters (lactones) is 1. The van der Waals surface area contributed by atoms with Gasteiger partial charge >= 0.3 is 5.97 Å². The minimum Gasteiger partial charge on any atom is -0.485 e. The molecular formula is C24H24BrClO4. The van der Waals surface area contributed by atoms with Crippen LogP contribution in [0.15, 0.2) is 64.3 Å². The van der Waals surface area contributed by atoms with Crippen LogP contribution in [0.4, 0.5) is 0 Å². The Kier molecular flexibility index (Phi) is 6.73. The molecule has 0 saturated heterocycles. The Hall–Kier alpha value is -2.11. The molecule has 0 fully saturated rings. The molecule has 158 valence electrons. The Morgan fingerprint density at radius 3 is 2.33 bits per heavy atom. The molecule has 2 aromatic carbocycles. The number of esters is 1. The van der Waals surface area contributed by atoms with Gasteiger partial charge < -0.3 is 9.47 Å². The highest BCUT2D eigenvalue weighted by atomic mass is 79.9. The summed E-state index contributed by atoms with van der Waals surface area (Å²) in [6, 6.07) is 14.4. The van der Waals surface area contributed by atoms with Crippen molar-refractivity contribution in [3.63, 3.8) is 0 Å². The molecule has 3 rings (SSSR count). The first kappa shape index (κ1) is 22.6. The monoisotopic (exact) mass is 490 g/mol. The highest BCUT2D eigenvalue weighted by molar-refractivity contribution is 9.10. The first-order chi connectivity index (χ1) is 14.1. The van der Waals surface area contributed by atoms with Gasteiger partial charge in [-0.1, -0.05) is 58.7 Å². The Labute approximate surface area is 190 Å². The van der Waals surface area contributed by atoms with Crippen LogP contribution < -0.4 is 0 Å². The SMILES string of the molecule is CC[C@H](OC1=C(C)C(=O)O[C@H](c2ccc(Cl)cc2)C1(C)C)C(=O)c1ccc(Br)cc1. The van der Waals surface area contributed by atoms with Gasteiger partial charge in [0, 0.05) is 15.1 Å². The standard InChI is InChI=1S/C24H24BrClO4/c1-5-19(20(27)15-6-10-17(25)11-7-15)29-21-14(2)23(28)30-22(24(21,3)4)16-8-12-18(26)13-9-16/h6-13,19,22H,5H2,1-4H3/t19-,22+/m0/s1. The van der Waals surface area contributed by atoms with Crippen molar-refractivity contribution in [2.75, 3.05) is 0 Å². The number of ketones is 1. The van der Waals surface area contributed by atoms with Gasteiger partial charge in [-0.2, -0.15) is 0 Å². The Morgan fingerprint density at radius 1 is 1.17 bits per heavy atom. The summed E-state index contributed by atoms with van der Waals surface area (Å²) in [5, 5.41) is 0.605. The zero-order valence-electron chi connectivity index (χ0n) is 17.4. The van der Waals surface area contributed by atoms with Crippen molar-refractivity contribution in [1.82, 2.24) is 0 Å². The van der Waals surface area contributed by atoms with Crippen molar-refractivity contribution in [1.29, 1.82) is 0 Å². The number of hydrogen-bond acceptors (Lipinski definition) is 4. The van der Waals surface area contributed by atoms with E-state index in [1.807, 2.05) is 45.0 Å². The lowest BCUT2D eigenvalue weighted by Crippen LogP contribution is -2.38. The van der Waals surface area contributed by atoms with E-state index in [2.05, 4.69) is 15.9 Å². The van der Waals surface area contributed by atoms with E-state index in [0.29, 0.717) is 28.3 Å². The van der Waals surface area contributed by atoms with Crippen molar-refractivity contribution in [2.24, 2.45) is 5.41 Å². The largest absolute Gasteiger partial charge is 0.485 e. The molecule has 0 N–H and O–H groups in total. The van der Waals surface area contributed by atoms with Crippen molar-refractivity contribution >= 4 is 39.3 Å². The van der Waals surface area contributed by atoms with E-state index in [1.54, 1.807) is 31.2 Å². The van der Waals surface area contributed by atoms with E-state index in [4.69, 9.17) is 21.1 Å². The fourth-order valence-corrected chi connectivity index (χ4v) is 4.06. The first-order valence-electron chi connectivity index (χ1n) is 9.79. The van der Waals surface area contributed by atoms with Crippen molar-refractivity contribution in [2.45, 2.75) is 46.3 Å². The Bertz CT molecular complexity index is 977. The van der Waals surface area contributed by atoms with E-state index < -0.39 is 23.6 Å².